The number of piperidine rings is 1. The smallest absolute Gasteiger partial charge is 0.119 e. The number of hydrogen-bond acceptors (Lipinski definition) is 3. The van der Waals surface area contributed by atoms with E-state index < -0.39 is 0 Å². The van der Waals surface area contributed by atoms with Gasteiger partial charge in [-0.3, -0.25) is 0 Å². The quantitative estimate of drug-likeness (QED) is 0.841. The van der Waals surface area contributed by atoms with Crippen LogP contribution < -0.4 is 10.1 Å². The molecule has 2 atom stereocenters. The molecule has 0 saturated carbocycles. The fraction of sp³-hybridized carbons (Fsp3) is 0.538. The second-order valence-electron chi connectivity index (χ2n) is 4.02. The Morgan fingerprint density at radius 1 is 1.19 bits per heavy atom. The molecule has 1 aromatic carbocycles. The van der Waals surface area contributed by atoms with Crippen molar-refractivity contribution in [3.63, 3.8) is 0 Å². The molecule has 88 valence electrons. The summed E-state index contributed by atoms with van der Waals surface area (Å²) in [6.07, 6.45) is 1.47. The molecule has 1 N–H and O–H groups in total. The molecule has 2 rings (SSSR count). The van der Waals surface area contributed by atoms with Gasteiger partial charge in [0.2, 0.25) is 0 Å². The van der Waals surface area contributed by atoms with Crippen LogP contribution in [0.1, 0.15) is 13.3 Å². The number of benzene rings is 1. The van der Waals surface area contributed by atoms with Crippen molar-refractivity contribution in [2.45, 2.75) is 25.6 Å². The number of ether oxygens (including phenoxy) is 2. The van der Waals surface area contributed by atoms with E-state index in [9.17, 15) is 0 Å². The highest BCUT2D eigenvalue weighted by molar-refractivity contribution is 5.21. The van der Waals surface area contributed by atoms with Crippen LogP contribution in [0.25, 0.3) is 0 Å². The first kappa shape index (κ1) is 11.4. The van der Waals surface area contributed by atoms with Gasteiger partial charge in [0.05, 0.1) is 6.10 Å². The molecule has 1 saturated heterocycles. The Kier molecular flexibility index (Phi) is 4.19. The lowest BCUT2D eigenvalue weighted by molar-refractivity contribution is 0.00838. The van der Waals surface area contributed by atoms with E-state index in [1.807, 2.05) is 37.3 Å². The molecule has 1 aliphatic rings. The zero-order valence-corrected chi connectivity index (χ0v) is 9.69. The molecule has 0 radical (unpaired) electrons. The van der Waals surface area contributed by atoms with Crippen molar-refractivity contribution in [2.24, 2.45) is 0 Å². The molecule has 1 aliphatic heterocycles. The van der Waals surface area contributed by atoms with Gasteiger partial charge in [0, 0.05) is 26.1 Å². The average molecular weight is 221 g/mol. The normalized spacial score (nSPS) is 25.3. The third-order valence-electron chi connectivity index (χ3n) is 2.72. The molecular weight excluding hydrogens is 202 g/mol. The van der Waals surface area contributed by atoms with E-state index >= 15 is 0 Å². The lowest BCUT2D eigenvalue weighted by atomic mass is 10.1. The summed E-state index contributed by atoms with van der Waals surface area (Å²) in [5.74, 6) is 0.937. The topological polar surface area (TPSA) is 30.5 Å². The Bertz CT molecular complexity index is 300. The number of hydrogen-bond donors (Lipinski definition) is 1. The lowest BCUT2D eigenvalue weighted by Gasteiger charge is -2.30. The number of rotatable bonds is 4. The maximum absolute atomic E-state index is 5.89. The maximum atomic E-state index is 5.89. The van der Waals surface area contributed by atoms with Gasteiger partial charge in [-0.15, -0.1) is 0 Å². The van der Waals surface area contributed by atoms with Crippen molar-refractivity contribution < 1.29 is 9.47 Å². The highest BCUT2D eigenvalue weighted by atomic mass is 16.5. The van der Waals surface area contributed by atoms with E-state index in [0.29, 0.717) is 0 Å². The first-order valence-corrected chi connectivity index (χ1v) is 5.92. The summed E-state index contributed by atoms with van der Waals surface area (Å²) in [5.41, 5.74) is 0. The van der Waals surface area contributed by atoms with Crippen LogP contribution >= 0.6 is 0 Å². The van der Waals surface area contributed by atoms with Crippen LogP contribution in [0.15, 0.2) is 30.3 Å². The fourth-order valence-corrected chi connectivity index (χ4v) is 2.01. The Labute approximate surface area is 96.8 Å². The van der Waals surface area contributed by atoms with Gasteiger partial charge in [0.15, 0.2) is 0 Å². The summed E-state index contributed by atoms with van der Waals surface area (Å²) in [6, 6.07) is 9.96. The highest BCUT2D eigenvalue weighted by Gasteiger charge is 2.22. The third kappa shape index (κ3) is 3.22. The van der Waals surface area contributed by atoms with Crippen molar-refractivity contribution in [2.75, 3.05) is 19.7 Å². The summed E-state index contributed by atoms with van der Waals surface area (Å²) >= 11 is 0. The van der Waals surface area contributed by atoms with Crippen LogP contribution in [0.5, 0.6) is 5.75 Å². The maximum Gasteiger partial charge on any atom is 0.119 e. The van der Waals surface area contributed by atoms with Crippen LogP contribution in [-0.2, 0) is 4.74 Å². The van der Waals surface area contributed by atoms with E-state index in [2.05, 4.69) is 5.32 Å². The lowest BCUT2D eigenvalue weighted by Crippen LogP contribution is -2.45. The summed E-state index contributed by atoms with van der Waals surface area (Å²) < 4.78 is 11.5. The van der Waals surface area contributed by atoms with E-state index in [4.69, 9.17) is 9.47 Å². The molecular formula is C13H19NO2. The monoisotopic (exact) mass is 221 g/mol. The Morgan fingerprint density at radius 3 is 2.69 bits per heavy atom. The molecule has 1 heterocycles. The summed E-state index contributed by atoms with van der Waals surface area (Å²) in [4.78, 5) is 0. The zero-order chi connectivity index (χ0) is 11.2. The predicted octanol–water partition coefficient (Wildman–Crippen LogP) is 1.83. The van der Waals surface area contributed by atoms with Gasteiger partial charge in [-0.25, -0.2) is 0 Å². The Hall–Kier alpha value is -1.06. The minimum absolute atomic E-state index is 0.215. The van der Waals surface area contributed by atoms with Gasteiger partial charge < -0.3 is 14.8 Å². The largest absolute Gasteiger partial charge is 0.489 e. The van der Waals surface area contributed by atoms with Crippen molar-refractivity contribution in [3.05, 3.63) is 30.3 Å². The first-order chi connectivity index (χ1) is 7.88. The minimum atomic E-state index is 0.215. The Balaban J connectivity index is 1.85. The van der Waals surface area contributed by atoms with Gasteiger partial charge >= 0.3 is 0 Å². The second-order valence-corrected chi connectivity index (χ2v) is 4.02. The summed E-state index contributed by atoms with van der Waals surface area (Å²) in [7, 11) is 0. The zero-order valence-electron chi connectivity index (χ0n) is 9.69. The molecule has 0 bridgehead atoms. The number of para-hydroxylation sites is 1. The van der Waals surface area contributed by atoms with Crippen LogP contribution in [0.2, 0.25) is 0 Å². The predicted molar refractivity (Wildman–Crippen MR) is 63.8 cm³/mol. The standard InChI is InChI=1S/C13H19NO2/c1-2-15-12-8-13(10-14-9-12)16-11-6-4-3-5-7-11/h3-7,12-14H,2,8-10H2,1H3. The third-order valence-corrected chi connectivity index (χ3v) is 2.72. The van der Waals surface area contributed by atoms with Crippen LogP contribution in [0.4, 0.5) is 0 Å². The summed E-state index contributed by atoms with van der Waals surface area (Å²) in [6.45, 7) is 4.63. The average Bonchev–Trinajstić information content (AvgIpc) is 2.31. The number of nitrogens with one attached hydrogen (secondary N) is 1. The first-order valence-electron chi connectivity index (χ1n) is 5.92. The van der Waals surface area contributed by atoms with Crippen molar-refractivity contribution in [3.8, 4) is 5.75 Å². The molecule has 3 nitrogen and oxygen atoms in total. The van der Waals surface area contributed by atoms with E-state index in [1.165, 1.54) is 0 Å². The molecule has 0 aliphatic carbocycles. The van der Waals surface area contributed by atoms with Crippen LogP contribution in [0, 0.1) is 0 Å². The van der Waals surface area contributed by atoms with Gasteiger partial charge in [-0.05, 0) is 19.1 Å². The van der Waals surface area contributed by atoms with Crippen molar-refractivity contribution in [1.29, 1.82) is 0 Å². The van der Waals surface area contributed by atoms with Gasteiger partial charge in [0.1, 0.15) is 11.9 Å². The van der Waals surface area contributed by atoms with Crippen molar-refractivity contribution in [1.82, 2.24) is 5.32 Å². The molecule has 2 unspecified atom stereocenters. The fourth-order valence-electron chi connectivity index (χ4n) is 2.01. The summed E-state index contributed by atoms with van der Waals surface area (Å²) in [5, 5.41) is 3.34. The van der Waals surface area contributed by atoms with Crippen molar-refractivity contribution >= 4 is 0 Å². The van der Waals surface area contributed by atoms with Gasteiger partial charge in [-0.2, -0.15) is 0 Å². The van der Waals surface area contributed by atoms with E-state index in [0.717, 1.165) is 31.9 Å². The molecule has 0 spiro atoms. The molecule has 0 amide bonds. The van der Waals surface area contributed by atoms with Gasteiger partial charge in [0.25, 0.3) is 0 Å². The van der Waals surface area contributed by atoms with E-state index in [1.54, 1.807) is 0 Å². The van der Waals surface area contributed by atoms with Gasteiger partial charge in [-0.1, -0.05) is 18.2 Å². The second kappa shape index (κ2) is 5.87. The Morgan fingerprint density at radius 2 is 1.94 bits per heavy atom. The van der Waals surface area contributed by atoms with E-state index in [-0.39, 0.29) is 12.2 Å². The highest BCUT2D eigenvalue weighted by Crippen LogP contribution is 2.16. The molecule has 1 aromatic rings. The van der Waals surface area contributed by atoms with Crippen LogP contribution in [-0.4, -0.2) is 31.9 Å². The molecule has 16 heavy (non-hydrogen) atoms. The van der Waals surface area contributed by atoms with Crippen LogP contribution in [0.3, 0.4) is 0 Å². The molecule has 1 fully saturated rings. The molecule has 0 aromatic heterocycles. The molecule has 3 heteroatoms. The minimum Gasteiger partial charge on any atom is -0.489 e. The SMILES string of the molecule is CCOC1CNCC(Oc2ccccc2)C1.